The van der Waals surface area contributed by atoms with E-state index >= 15 is 0 Å². The van der Waals surface area contributed by atoms with Crippen molar-refractivity contribution in [3.63, 3.8) is 0 Å². The van der Waals surface area contributed by atoms with Crippen LogP contribution in [-0.2, 0) is 4.74 Å². The molecule has 0 unspecified atom stereocenters. The lowest BCUT2D eigenvalue weighted by molar-refractivity contribution is 0.158. The summed E-state index contributed by atoms with van der Waals surface area (Å²) < 4.78 is 10.8. The molecular weight excluding hydrogens is 326 g/mol. The van der Waals surface area contributed by atoms with Crippen LogP contribution in [0.5, 0.6) is 5.75 Å². The molecule has 1 amide bonds. The van der Waals surface area contributed by atoms with Gasteiger partial charge in [0.2, 0.25) is 0 Å². The molecule has 0 aliphatic heterocycles. The number of methoxy groups -OCH3 is 1. The van der Waals surface area contributed by atoms with Crippen molar-refractivity contribution < 1.29 is 14.3 Å². The smallest absolute Gasteiger partial charge is 0.411 e. The zero-order chi connectivity index (χ0) is 17.9. The Labute approximate surface area is 152 Å². The first-order valence-electron chi connectivity index (χ1n) is 8.53. The maximum atomic E-state index is 12.3. The minimum absolute atomic E-state index is 0.0471. The Bertz CT molecular complexity index is 906. The number of para-hydroxylation sites is 2. The summed E-state index contributed by atoms with van der Waals surface area (Å²) >= 11 is 0. The summed E-state index contributed by atoms with van der Waals surface area (Å²) in [5.74, 6) is 0.645. The molecule has 0 saturated carbocycles. The minimum Gasteiger partial charge on any atom is -0.495 e. The van der Waals surface area contributed by atoms with Gasteiger partial charge in [-0.15, -0.1) is 0 Å². The maximum Gasteiger partial charge on any atom is 0.411 e. The molecular formula is C22H19NO3. The SMILES string of the molecule is COc1ccccc1NC(=O)OCC1c2ccccc2-c2ccccc21. The van der Waals surface area contributed by atoms with Gasteiger partial charge in [0.15, 0.2) is 0 Å². The molecule has 26 heavy (non-hydrogen) atoms. The number of hydrogen-bond acceptors (Lipinski definition) is 3. The van der Waals surface area contributed by atoms with Crippen LogP contribution in [0.3, 0.4) is 0 Å². The monoisotopic (exact) mass is 345 g/mol. The van der Waals surface area contributed by atoms with Gasteiger partial charge in [0.05, 0.1) is 12.8 Å². The lowest BCUT2D eigenvalue weighted by atomic mass is 9.98. The molecule has 1 aliphatic carbocycles. The third-order valence-corrected chi connectivity index (χ3v) is 4.69. The largest absolute Gasteiger partial charge is 0.495 e. The Morgan fingerprint density at radius 1 is 0.885 bits per heavy atom. The second kappa shape index (κ2) is 6.92. The molecule has 0 aromatic heterocycles. The molecule has 0 atom stereocenters. The summed E-state index contributed by atoms with van der Waals surface area (Å²) in [7, 11) is 1.57. The third-order valence-electron chi connectivity index (χ3n) is 4.69. The Balaban J connectivity index is 1.50. The molecule has 0 heterocycles. The van der Waals surface area contributed by atoms with Gasteiger partial charge in [-0.25, -0.2) is 4.79 Å². The van der Waals surface area contributed by atoms with E-state index in [4.69, 9.17) is 9.47 Å². The Morgan fingerprint density at radius 3 is 2.12 bits per heavy atom. The lowest BCUT2D eigenvalue weighted by Gasteiger charge is -2.15. The van der Waals surface area contributed by atoms with E-state index < -0.39 is 6.09 Å². The Kier molecular flexibility index (Phi) is 4.32. The van der Waals surface area contributed by atoms with Crippen LogP contribution in [0.1, 0.15) is 17.0 Å². The zero-order valence-corrected chi connectivity index (χ0v) is 14.4. The predicted octanol–water partition coefficient (Wildman–Crippen LogP) is 5.06. The molecule has 0 bridgehead atoms. The highest BCUT2D eigenvalue weighted by Crippen LogP contribution is 2.44. The summed E-state index contributed by atoms with van der Waals surface area (Å²) in [6.45, 7) is 0.287. The summed E-state index contributed by atoms with van der Waals surface area (Å²) in [4.78, 5) is 12.3. The van der Waals surface area contributed by atoms with Crippen LogP contribution in [0.4, 0.5) is 10.5 Å². The minimum atomic E-state index is -0.489. The fraction of sp³-hybridized carbons (Fsp3) is 0.136. The Hall–Kier alpha value is -3.27. The van der Waals surface area contributed by atoms with Crippen LogP contribution in [0, 0.1) is 0 Å². The highest BCUT2D eigenvalue weighted by molar-refractivity contribution is 5.87. The quantitative estimate of drug-likeness (QED) is 0.719. The molecule has 0 saturated heterocycles. The van der Waals surface area contributed by atoms with E-state index in [1.54, 1.807) is 19.2 Å². The molecule has 4 rings (SSSR count). The highest BCUT2D eigenvalue weighted by Gasteiger charge is 2.29. The van der Waals surface area contributed by atoms with E-state index in [0.717, 1.165) is 0 Å². The summed E-state index contributed by atoms with van der Waals surface area (Å²) in [5, 5.41) is 2.75. The second-order valence-corrected chi connectivity index (χ2v) is 6.15. The first-order chi connectivity index (χ1) is 12.8. The van der Waals surface area contributed by atoms with E-state index in [0.29, 0.717) is 11.4 Å². The molecule has 3 aromatic carbocycles. The number of nitrogens with one attached hydrogen (secondary N) is 1. The average Bonchev–Trinajstić information content (AvgIpc) is 3.01. The van der Waals surface area contributed by atoms with Crippen molar-refractivity contribution in [1.82, 2.24) is 0 Å². The number of ether oxygens (including phenoxy) is 2. The van der Waals surface area contributed by atoms with Gasteiger partial charge in [-0.2, -0.15) is 0 Å². The van der Waals surface area contributed by atoms with Crippen LogP contribution in [0.2, 0.25) is 0 Å². The molecule has 130 valence electrons. The van der Waals surface area contributed by atoms with Gasteiger partial charge in [-0.1, -0.05) is 60.7 Å². The topological polar surface area (TPSA) is 47.6 Å². The van der Waals surface area contributed by atoms with Gasteiger partial charge in [0.1, 0.15) is 12.4 Å². The number of amides is 1. The van der Waals surface area contributed by atoms with Crippen LogP contribution >= 0.6 is 0 Å². The van der Waals surface area contributed by atoms with E-state index in [2.05, 4.69) is 29.6 Å². The maximum absolute atomic E-state index is 12.3. The molecule has 1 aliphatic rings. The van der Waals surface area contributed by atoms with E-state index in [1.807, 2.05) is 36.4 Å². The summed E-state index contributed by atoms with van der Waals surface area (Å²) in [5.41, 5.74) is 5.40. The number of benzene rings is 3. The van der Waals surface area contributed by atoms with Crippen molar-refractivity contribution in [2.45, 2.75) is 5.92 Å². The fourth-order valence-corrected chi connectivity index (χ4v) is 3.49. The van der Waals surface area contributed by atoms with Gasteiger partial charge < -0.3 is 9.47 Å². The molecule has 0 fully saturated rings. The van der Waals surface area contributed by atoms with Crippen LogP contribution in [-0.4, -0.2) is 19.8 Å². The van der Waals surface area contributed by atoms with Gasteiger partial charge in [-0.05, 0) is 34.4 Å². The number of carbonyl (C=O) groups is 1. The average molecular weight is 345 g/mol. The van der Waals surface area contributed by atoms with Gasteiger partial charge in [-0.3, -0.25) is 5.32 Å². The molecule has 3 aromatic rings. The number of rotatable bonds is 4. The molecule has 4 heteroatoms. The van der Waals surface area contributed by atoms with Crippen molar-refractivity contribution in [1.29, 1.82) is 0 Å². The standard InChI is InChI=1S/C22H19NO3/c1-25-21-13-7-6-12-20(21)23-22(24)26-14-19-17-10-4-2-8-15(17)16-9-3-5-11-18(16)19/h2-13,19H,14H2,1H3,(H,23,24). The number of hydrogen-bond donors (Lipinski definition) is 1. The van der Waals surface area contributed by atoms with E-state index in [1.165, 1.54) is 22.3 Å². The normalized spacial score (nSPS) is 12.2. The van der Waals surface area contributed by atoms with Crippen molar-refractivity contribution in [2.24, 2.45) is 0 Å². The van der Waals surface area contributed by atoms with Crippen LogP contribution < -0.4 is 10.1 Å². The lowest BCUT2D eigenvalue weighted by Crippen LogP contribution is -2.18. The van der Waals surface area contributed by atoms with Crippen molar-refractivity contribution >= 4 is 11.8 Å². The predicted molar refractivity (Wildman–Crippen MR) is 102 cm³/mol. The first-order valence-corrected chi connectivity index (χ1v) is 8.53. The van der Waals surface area contributed by atoms with E-state index in [-0.39, 0.29) is 12.5 Å². The summed E-state index contributed by atoms with van der Waals surface area (Å²) in [6, 6.07) is 23.8. The zero-order valence-electron chi connectivity index (χ0n) is 14.4. The van der Waals surface area contributed by atoms with Crippen LogP contribution in [0.25, 0.3) is 11.1 Å². The number of fused-ring (bicyclic) bond motifs is 3. The molecule has 1 N–H and O–H groups in total. The first kappa shape index (κ1) is 16.2. The fourth-order valence-electron chi connectivity index (χ4n) is 3.49. The second-order valence-electron chi connectivity index (χ2n) is 6.15. The number of carbonyl (C=O) groups excluding carboxylic acids is 1. The third kappa shape index (κ3) is 2.90. The van der Waals surface area contributed by atoms with Crippen molar-refractivity contribution in [3.8, 4) is 16.9 Å². The number of anilines is 1. The summed E-state index contributed by atoms with van der Waals surface area (Å²) in [6.07, 6.45) is -0.489. The Morgan fingerprint density at radius 2 is 1.46 bits per heavy atom. The van der Waals surface area contributed by atoms with Gasteiger partial charge in [0, 0.05) is 5.92 Å². The molecule has 4 nitrogen and oxygen atoms in total. The molecule has 0 spiro atoms. The van der Waals surface area contributed by atoms with Gasteiger partial charge >= 0.3 is 6.09 Å². The van der Waals surface area contributed by atoms with Crippen molar-refractivity contribution in [3.05, 3.63) is 83.9 Å². The van der Waals surface area contributed by atoms with E-state index in [9.17, 15) is 4.79 Å². The van der Waals surface area contributed by atoms with Gasteiger partial charge in [0.25, 0.3) is 0 Å². The molecule has 0 radical (unpaired) electrons. The van der Waals surface area contributed by atoms with Crippen molar-refractivity contribution in [2.75, 3.05) is 19.0 Å². The van der Waals surface area contributed by atoms with Crippen LogP contribution in [0.15, 0.2) is 72.8 Å². The highest BCUT2D eigenvalue weighted by atomic mass is 16.5.